The van der Waals surface area contributed by atoms with E-state index >= 15 is 0 Å². The number of carbonyl (C=O) groups is 1. The molecule has 0 aromatic heterocycles. The Balaban J connectivity index is 2.24. The van der Waals surface area contributed by atoms with Crippen LogP contribution in [0.5, 0.6) is 0 Å². The number of aryl methyl sites for hydroxylation is 1. The van der Waals surface area contributed by atoms with Gasteiger partial charge in [-0.15, -0.1) is 0 Å². The lowest BCUT2D eigenvalue weighted by molar-refractivity contribution is 0.0992. The van der Waals surface area contributed by atoms with Crippen LogP contribution in [-0.4, -0.2) is 26.5 Å². The molecule has 0 heterocycles. The fourth-order valence-electron chi connectivity index (χ4n) is 2.27. The van der Waals surface area contributed by atoms with Crippen molar-refractivity contribution in [3.05, 3.63) is 65.2 Å². The first-order chi connectivity index (χ1) is 10.1. The summed E-state index contributed by atoms with van der Waals surface area (Å²) in [7, 11) is 3.74. The molecule has 2 rings (SSSR count). The highest BCUT2D eigenvalue weighted by Crippen LogP contribution is 2.18. The van der Waals surface area contributed by atoms with Gasteiger partial charge >= 0.3 is 0 Å². The Labute approximate surface area is 126 Å². The molecule has 3 nitrogen and oxygen atoms in total. The fourth-order valence-corrected chi connectivity index (χ4v) is 2.27. The van der Waals surface area contributed by atoms with Gasteiger partial charge in [0.15, 0.2) is 0 Å². The van der Waals surface area contributed by atoms with Gasteiger partial charge in [0.25, 0.3) is 5.91 Å². The Morgan fingerprint density at radius 1 is 1.10 bits per heavy atom. The molecule has 110 valence electrons. The van der Waals surface area contributed by atoms with Crippen molar-refractivity contribution < 1.29 is 4.79 Å². The number of nitrogens with zero attached hydrogens (tertiary/aromatic N) is 1. The second-order valence-electron chi connectivity index (χ2n) is 5.21. The van der Waals surface area contributed by atoms with Crippen LogP contribution >= 0.6 is 0 Å². The SMILES string of the molecule is CNCCc1ccccc1C(=O)N(C)c1ccc(C)cc1. The molecule has 21 heavy (non-hydrogen) atoms. The van der Waals surface area contributed by atoms with Crippen molar-refractivity contribution in [3.63, 3.8) is 0 Å². The molecule has 0 aliphatic heterocycles. The van der Waals surface area contributed by atoms with E-state index in [2.05, 4.69) is 5.32 Å². The van der Waals surface area contributed by atoms with Gasteiger partial charge in [-0.25, -0.2) is 0 Å². The normalized spacial score (nSPS) is 10.4. The van der Waals surface area contributed by atoms with Crippen molar-refractivity contribution >= 4 is 11.6 Å². The topological polar surface area (TPSA) is 32.3 Å². The number of hydrogen-bond acceptors (Lipinski definition) is 2. The molecule has 1 amide bonds. The molecule has 0 bridgehead atoms. The number of anilines is 1. The molecule has 0 saturated carbocycles. The maximum atomic E-state index is 12.7. The summed E-state index contributed by atoms with van der Waals surface area (Å²) in [6, 6.07) is 15.8. The van der Waals surface area contributed by atoms with Gasteiger partial charge in [-0.05, 0) is 50.7 Å². The van der Waals surface area contributed by atoms with E-state index in [4.69, 9.17) is 0 Å². The highest BCUT2D eigenvalue weighted by Gasteiger charge is 2.16. The molecule has 2 aromatic rings. The third-order valence-corrected chi connectivity index (χ3v) is 3.62. The number of likely N-dealkylation sites (N-methyl/N-ethyl adjacent to an activating group) is 1. The van der Waals surface area contributed by atoms with Crippen LogP contribution in [0.3, 0.4) is 0 Å². The predicted octanol–water partition coefficient (Wildman–Crippen LogP) is 3.03. The third-order valence-electron chi connectivity index (χ3n) is 3.62. The Bertz CT molecular complexity index is 605. The van der Waals surface area contributed by atoms with Gasteiger partial charge in [0, 0.05) is 18.3 Å². The molecule has 1 N–H and O–H groups in total. The van der Waals surface area contributed by atoms with Crippen molar-refractivity contribution in [2.45, 2.75) is 13.3 Å². The minimum atomic E-state index is 0.0329. The Kier molecular flexibility index (Phi) is 5.12. The predicted molar refractivity (Wildman–Crippen MR) is 88.0 cm³/mol. The molecule has 3 heteroatoms. The summed E-state index contributed by atoms with van der Waals surface area (Å²) in [5.41, 5.74) is 3.95. The number of carbonyl (C=O) groups excluding carboxylic acids is 1. The molecule has 0 atom stereocenters. The van der Waals surface area contributed by atoms with Crippen LogP contribution in [0, 0.1) is 6.92 Å². The first-order valence-electron chi connectivity index (χ1n) is 7.20. The van der Waals surface area contributed by atoms with E-state index in [-0.39, 0.29) is 5.91 Å². The minimum absolute atomic E-state index is 0.0329. The second kappa shape index (κ2) is 7.04. The van der Waals surface area contributed by atoms with E-state index in [1.54, 1.807) is 4.90 Å². The summed E-state index contributed by atoms with van der Waals surface area (Å²) in [4.78, 5) is 14.4. The molecule has 2 aromatic carbocycles. The summed E-state index contributed by atoms with van der Waals surface area (Å²) in [5.74, 6) is 0.0329. The number of rotatable bonds is 5. The lowest BCUT2D eigenvalue weighted by Crippen LogP contribution is -2.27. The first-order valence-corrected chi connectivity index (χ1v) is 7.20. The molecule has 0 radical (unpaired) electrons. The van der Waals surface area contributed by atoms with Gasteiger partial charge < -0.3 is 10.2 Å². The van der Waals surface area contributed by atoms with Crippen LogP contribution < -0.4 is 10.2 Å². The summed E-state index contributed by atoms with van der Waals surface area (Å²) in [6.45, 7) is 2.90. The first kappa shape index (κ1) is 15.3. The number of hydrogen-bond donors (Lipinski definition) is 1. The molecule has 0 saturated heterocycles. The average molecular weight is 282 g/mol. The lowest BCUT2D eigenvalue weighted by atomic mass is 10.0. The minimum Gasteiger partial charge on any atom is -0.319 e. The van der Waals surface area contributed by atoms with Crippen molar-refractivity contribution in [2.24, 2.45) is 0 Å². The van der Waals surface area contributed by atoms with E-state index in [0.29, 0.717) is 0 Å². The van der Waals surface area contributed by atoms with Crippen LogP contribution in [0.4, 0.5) is 5.69 Å². The average Bonchev–Trinajstić information content (AvgIpc) is 2.52. The van der Waals surface area contributed by atoms with Crippen LogP contribution in [0.1, 0.15) is 21.5 Å². The van der Waals surface area contributed by atoms with Crippen LogP contribution in [-0.2, 0) is 6.42 Å². The fraction of sp³-hybridized carbons (Fsp3) is 0.278. The van der Waals surface area contributed by atoms with Crippen molar-refractivity contribution in [2.75, 3.05) is 25.5 Å². The second-order valence-corrected chi connectivity index (χ2v) is 5.21. The number of benzene rings is 2. The molecule has 0 fully saturated rings. The summed E-state index contributed by atoms with van der Waals surface area (Å²) in [6.07, 6.45) is 0.847. The third kappa shape index (κ3) is 3.70. The Morgan fingerprint density at radius 3 is 2.43 bits per heavy atom. The molecule has 0 aliphatic carbocycles. The summed E-state index contributed by atoms with van der Waals surface area (Å²) >= 11 is 0. The maximum Gasteiger partial charge on any atom is 0.258 e. The van der Waals surface area contributed by atoms with Crippen molar-refractivity contribution in [3.8, 4) is 0 Å². The van der Waals surface area contributed by atoms with Gasteiger partial charge in [0.2, 0.25) is 0 Å². The number of amides is 1. The summed E-state index contributed by atoms with van der Waals surface area (Å²) < 4.78 is 0. The van der Waals surface area contributed by atoms with Crippen LogP contribution in [0.25, 0.3) is 0 Å². The van der Waals surface area contributed by atoms with E-state index in [1.807, 2.05) is 69.6 Å². The molecular weight excluding hydrogens is 260 g/mol. The van der Waals surface area contributed by atoms with Gasteiger partial charge in [-0.2, -0.15) is 0 Å². The monoisotopic (exact) mass is 282 g/mol. The highest BCUT2D eigenvalue weighted by molar-refractivity contribution is 6.06. The Hall–Kier alpha value is -2.13. The zero-order valence-corrected chi connectivity index (χ0v) is 12.9. The largest absolute Gasteiger partial charge is 0.319 e. The number of nitrogens with one attached hydrogen (secondary N) is 1. The molecular formula is C18H22N2O. The smallest absolute Gasteiger partial charge is 0.258 e. The zero-order chi connectivity index (χ0) is 15.2. The van der Waals surface area contributed by atoms with Gasteiger partial charge in [0.05, 0.1) is 0 Å². The van der Waals surface area contributed by atoms with Gasteiger partial charge in [-0.3, -0.25) is 4.79 Å². The van der Waals surface area contributed by atoms with E-state index in [0.717, 1.165) is 29.8 Å². The maximum absolute atomic E-state index is 12.7. The van der Waals surface area contributed by atoms with Gasteiger partial charge in [-0.1, -0.05) is 35.9 Å². The lowest BCUT2D eigenvalue weighted by Gasteiger charge is -2.19. The van der Waals surface area contributed by atoms with E-state index in [9.17, 15) is 4.79 Å². The zero-order valence-electron chi connectivity index (χ0n) is 12.9. The van der Waals surface area contributed by atoms with Crippen LogP contribution in [0.15, 0.2) is 48.5 Å². The quantitative estimate of drug-likeness (QED) is 0.914. The molecule has 0 aliphatic rings. The molecule has 0 unspecified atom stereocenters. The Morgan fingerprint density at radius 2 is 1.76 bits per heavy atom. The standard InChI is InChI=1S/C18H22N2O/c1-14-8-10-16(11-9-14)20(3)18(21)17-7-5-4-6-15(17)12-13-19-2/h4-11,19H,12-13H2,1-3H3. The van der Waals surface area contributed by atoms with E-state index in [1.165, 1.54) is 5.56 Å². The van der Waals surface area contributed by atoms with E-state index < -0.39 is 0 Å². The summed E-state index contributed by atoms with van der Waals surface area (Å²) in [5, 5.41) is 3.12. The highest BCUT2D eigenvalue weighted by atomic mass is 16.2. The van der Waals surface area contributed by atoms with Crippen molar-refractivity contribution in [1.29, 1.82) is 0 Å². The van der Waals surface area contributed by atoms with Gasteiger partial charge in [0.1, 0.15) is 0 Å². The molecule has 0 spiro atoms. The van der Waals surface area contributed by atoms with Crippen molar-refractivity contribution in [1.82, 2.24) is 5.32 Å². The van der Waals surface area contributed by atoms with Crippen LogP contribution in [0.2, 0.25) is 0 Å².